The Balaban J connectivity index is 2.21. The van der Waals surface area contributed by atoms with Gasteiger partial charge in [0.25, 0.3) is 0 Å². The van der Waals surface area contributed by atoms with E-state index in [2.05, 4.69) is 9.72 Å². The molecule has 0 amide bonds. The summed E-state index contributed by atoms with van der Waals surface area (Å²) >= 11 is 6.23. The smallest absolute Gasteiger partial charge is 0.388 e. The van der Waals surface area contributed by atoms with E-state index in [4.69, 9.17) is 21.4 Å². The fourth-order valence-corrected chi connectivity index (χ4v) is 4.20. The van der Waals surface area contributed by atoms with Gasteiger partial charge in [0, 0.05) is 28.6 Å². The van der Waals surface area contributed by atoms with Crippen LogP contribution in [0.4, 0.5) is 13.2 Å². The highest BCUT2D eigenvalue weighted by Gasteiger charge is 2.23. The van der Waals surface area contributed by atoms with Crippen LogP contribution < -0.4 is 9.47 Å². The minimum atomic E-state index is -3.53. The number of fused-ring (bicyclic) bond motifs is 1. The molecule has 1 aromatic heterocycles. The third-order valence-corrected chi connectivity index (χ3v) is 6.22. The number of benzene rings is 2. The van der Waals surface area contributed by atoms with Gasteiger partial charge >= 0.3 is 12.6 Å². The zero-order valence-electron chi connectivity index (χ0n) is 17.2. The number of pyridine rings is 1. The molecule has 7 nitrogen and oxygen atoms in total. The van der Waals surface area contributed by atoms with E-state index in [-0.39, 0.29) is 44.1 Å². The molecule has 0 fully saturated rings. The number of aliphatic carboxylic acids is 1. The first-order valence-electron chi connectivity index (χ1n) is 9.28. The average Bonchev–Trinajstić information content (AvgIpc) is 2.70. The minimum absolute atomic E-state index is 0.0119. The maximum Gasteiger partial charge on any atom is 0.388 e. The Bertz CT molecular complexity index is 1350. The number of nitrogens with zero attached hydrogens (tertiary/aromatic N) is 1. The molecule has 33 heavy (non-hydrogen) atoms. The number of alkyl halides is 2. The predicted molar refractivity (Wildman–Crippen MR) is 114 cm³/mol. The average molecular weight is 504 g/mol. The quantitative estimate of drug-likeness (QED) is 0.486. The molecule has 2 aromatic carbocycles. The van der Waals surface area contributed by atoms with Crippen molar-refractivity contribution in [3.63, 3.8) is 0 Å². The maximum absolute atomic E-state index is 14.5. The zero-order valence-corrected chi connectivity index (χ0v) is 18.8. The fraction of sp³-hybridized carbons (Fsp3) is 0.238. The lowest BCUT2D eigenvalue weighted by Gasteiger charge is -2.18. The normalized spacial score (nSPS) is 11.7. The third kappa shape index (κ3) is 5.48. The first-order chi connectivity index (χ1) is 15.4. The summed E-state index contributed by atoms with van der Waals surface area (Å²) in [6.45, 7) is -2.49. The molecule has 176 valence electrons. The van der Waals surface area contributed by atoms with Crippen LogP contribution in [-0.2, 0) is 21.1 Å². The van der Waals surface area contributed by atoms with Crippen molar-refractivity contribution < 1.29 is 41.0 Å². The third-order valence-electron chi connectivity index (χ3n) is 4.76. The van der Waals surface area contributed by atoms with E-state index < -0.39 is 40.7 Å². The number of carboxylic acids is 1. The second-order valence-electron chi connectivity index (χ2n) is 7.05. The van der Waals surface area contributed by atoms with Crippen molar-refractivity contribution >= 4 is 38.3 Å². The Kier molecular flexibility index (Phi) is 7.03. The highest BCUT2D eigenvalue weighted by Crippen LogP contribution is 2.37. The van der Waals surface area contributed by atoms with Crippen LogP contribution in [0.15, 0.2) is 35.2 Å². The number of aryl methyl sites for hydroxylation is 1. The summed E-state index contributed by atoms with van der Waals surface area (Å²) in [6.07, 6.45) is 0.895. The molecule has 0 atom stereocenters. The number of aromatic nitrogens is 1. The number of halogens is 4. The largest absolute Gasteiger partial charge is 0.481 e. The summed E-state index contributed by atoms with van der Waals surface area (Å²) in [4.78, 5) is 14.8. The Labute approximate surface area is 191 Å². The van der Waals surface area contributed by atoms with Gasteiger partial charge in [0.05, 0.1) is 4.90 Å². The van der Waals surface area contributed by atoms with Crippen LogP contribution in [0.3, 0.4) is 0 Å². The van der Waals surface area contributed by atoms with Crippen LogP contribution in [0.5, 0.6) is 11.6 Å². The van der Waals surface area contributed by atoms with Gasteiger partial charge < -0.3 is 14.6 Å². The molecule has 0 radical (unpaired) electrons. The van der Waals surface area contributed by atoms with E-state index in [0.717, 1.165) is 12.3 Å². The topological polar surface area (TPSA) is 103 Å². The van der Waals surface area contributed by atoms with Gasteiger partial charge in [-0.1, -0.05) is 17.7 Å². The Morgan fingerprint density at radius 3 is 2.52 bits per heavy atom. The standard InChI is InChI=1S/C21H17ClF3NO6S/c1-10-13(7-11-3-4-12(8-14(11)22)33(2,29)30)20(32-21(24)25)26-19-15(23)5-6-16(18(10)19)31-9-17(27)28/h3-6,8,21H,7,9H2,1-2H3,(H,27,28). The van der Waals surface area contributed by atoms with Crippen molar-refractivity contribution in [1.82, 2.24) is 4.98 Å². The molecule has 3 rings (SSSR count). The number of rotatable bonds is 8. The van der Waals surface area contributed by atoms with Crippen LogP contribution in [0.2, 0.25) is 5.02 Å². The molecule has 1 heterocycles. The maximum atomic E-state index is 14.5. The number of carbonyl (C=O) groups is 1. The van der Waals surface area contributed by atoms with Gasteiger partial charge in [-0.2, -0.15) is 8.78 Å². The molecule has 0 aliphatic carbocycles. The summed E-state index contributed by atoms with van der Waals surface area (Å²) in [5.41, 5.74) is 0.395. The van der Waals surface area contributed by atoms with Gasteiger partial charge in [-0.15, -0.1) is 0 Å². The molecule has 12 heteroatoms. The van der Waals surface area contributed by atoms with E-state index in [1.165, 1.54) is 31.2 Å². The Morgan fingerprint density at radius 2 is 1.94 bits per heavy atom. The summed E-state index contributed by atoms with van der Waals surface area (Å²) in [6, 6.07) is 6.14. The highest BCUT2D eigenvalue weighted by atomic mass is 35.5. The SMILES string of the molecule is Cc1c(Cc2ccc(S(C)(=O)=O)cc2Cl)c(OC(F)F)nc2c(F)ccc(OCC(=O)O)c12. The molecular weight excluding hydrogens is 487 g/mol. The molecule has 3 aromatic rings. The van der Waals surface area contributed by atoms with E-state index in [0.29, 0.717) is 5.56 Å². The number of sulfone groups is 1. The fourth-order valence-electron chi connectivity index (χ4n) is 3.24. The van der Waals surface area contributed by atoms with Crippen LogP contribution in [0.1, 0.15) is 16.7 Å². The summed E-state index contributed by atoms with van der Waals surface area (Å²) in [5.74, 6) is -2.68. The second kappa shape index (κ2) is 9.44. The van der Waals surface area contributed by atoms with Gasteiger partial charge in [0.2, 0.25) is 5.88 Å². The van der Waals surface area contributed by atoms with Crippen molar-refractivity contribution in [3.8, 4) is 11.6 Å². The van der Waals surface area contributed by atoms with Crippen LogP contribution in [0.25, 0.3) is 10.9 Å². The van der Waals surface area contributed by atoms with Crippen molar-refractivity contribution in [1.29, 1.82) is 0 Å². The van der Waals surface area contributed by atoms with E-state index in [9.17, 15) is 26.4 Å². The van der Waals surface area contributed by atoms with Crippen molar-refractivity contribution in [2.45, 2.75) is 24.9 Å². The van der Waals surface area contributed by atoms with Crippen molar-refractivity contribution in [3.05, 3.63) is 57.9 Å². The number of hydrogen-bond acceptors (Lipinski definition) is 6. The second-order valence-corrected chi connectivity index (χ2v) is 9.48. The molecule has 0 unspecified atom stereocenters. The minimum Gasteiger partial charge on any atom is -0.481 e. The van der Waals surface area contributed by atoms with Crippen molar-refractivity contribution in [2.24, 2.45) is 0 Å². The van der Waals surface area contributed by atoms with Crippen LogP contribution in [0, 0.1) is 12.7 Å². The molecule has 0 saturated carbocycles. The summed E-state index contributed by atoms with van der Waals surface area (Å²) in [5, 5.41) is 9.04. The molecule has 0 spiro atoms. The van der Waals surface area contributed by atoms with E-state index in [1.807, 2.05) is 0 Å². The van der Waals surface area contributed by atoms with Gasteiger partial charge in [-0.3, -0.25) is 0 Å². The lowest BCUT2D eigenvalue weighted by molar-refractivity contribution is -0.139. The van der Waals surface area contributed by atoms with Gasteiger partial charge in [-0.25, -0.2) is 22.6 Å². The lowest BCUT2D eigenvalue weighted by Crippen LogP contribution is -2.12. The Hall–Kier alpha value is -3.05. The lowest BCUT2D eigenvalue weighted by atomic mass is 9.97. The van der Waals surface area contributed by atoms with Crippen molar-refractivity contribution in [2.75, 3.05) is 12.9 Å². The first kappa shape index (κ1) is 24.6. The molecule has 0 aliphatic rings. The number of hydrogen-bond donors (Lipinski definition) is 1. The first-order valence-corrected chi connectivity index (χ1v) is 11.5. The predicted octanol–water partition coefficient (Wildman–Crippen LogP) is 4.39. The molecular formula is C21H17ClF3NO6S. The zero-order chi connectivity index (χ0) is 24.5. The molecule has 0 saturated heterocycles. The number of ether oxygens (including phenoxy) is 2. The molecule has 0 bridgehead atoms. The summed E-state index contributed by atoms with van der Waals surface area (Å²) < 4.78 is 73.9. The summed E-state index contributed by atoms with van der Waals surface area (Å²) in [7, 11) is -3.53. The molecule has 0 aliphatic heterocycles. The molecule has 1 N–H and O–H groups in total. The monoisotopic (exact) mass is 503 g/mol. The van der Waals surface area contributed by atoms with Gasteiger partial charge in [0.15, 0.2) is 16.4 Å². The van der Waals surface area contributed by atoms with Gasteiger partial charge in [-0.05, 0) is 42.3 Å². The number of carboxylic acid groups (broad SMARTS) is 1. The van der Waals surface area contributed by atoms with Crippen LogP contribution in [-0.4, -0.2) is 44.0 Å². The van der Waals surface area contributed by atoms with E-state index in [1.54, 1.807) is 0 Å². The van der Waals surface area contributed by atoms with E-state index >= 15 is 0 Å². The Morgan fingerprint density at radius 1 is 1.24 bits per heavy atom. The van der Waals surface area contributed by atoms with Gasteiger partial charge in [0.1, 0.15) is 17.1 Å². The highest BCUT2D eigenvalue weighted by molar-refractivity contribution is 7.90. The van der Waals surface area contributed by atoms with Crippen LogP contribution >= 0.6 is 11.6 Å².